The molecule has 0 fully saturated rings. The number of amides is 2. The van der Waals surface area contributed by atoms with Crippen molar-refractivity contribution in [3.8, 4) is 0 Å². The number of halogens is 2. The van der Waals surface area contributed by atoms with Gasteiger partial charge in [-0.05, 0) is 71.5 Å². The van der Waals surface area contributed by atoms with Crippen LogP contribution in [-0.4, -0.2) is 40.7 Å². The first kappa shape index (κ1) is 27.7. The van der Waals surface area contributed by atoms with Crippen molar-refractivity contribution in [2.24, 2.45) is 0 Å². The van der Waals surface area contributed by atoms with E-state index in [4.69, 9.17) is 23.2 Å². The van der Waals surface area contributed by atoms with E-state index in [0.717, 1.165) is 18.4 Å². The number of benzene rings is 2. The Balaban J connectivity index is 1.65. The molecular formula is C30H34Cl2N2O2S. The SMILES string of the molecule is CC[C@H](C)N(CC(=O)N1CCc2sccc2[C@@H]1c1ccc(C(C)(C)C)cc1)C(=O)c1ccc(Cl)cc1Cl. The Morgan fingerprint density at radius 3 is 2.43 bits per heavy atom. The molecule has 4 rings (SSSR count). The lowest BCUT2D eigenvalue weighted by Crippen LogP contribution is -2.49. The fraction of sp³-hybridized carbons (Fsp3) is 0.400. The minimum Gasteiger partial charge on any atom is -0.330 e. The highest BCUT2D eigenvalue weighted by atomic mass is 35.5. The van der Waals surface area contributed by atoms with Crippen LogP contribution < -0.4 is 0 Å². The molecule has 37 heavy (non-hydrogen) atoms. The summed E-state index contributed by atoms with van der Waals surface area (Å²) in [7, 11) is 0. The van der Waals surface area contributed by atoms with Crippen molar-refractivity contribution in [3.05, 3.63) is 91.1 Å². The molecule has 1 aliphatic rings. The van der Waals surface area contributed by atoms with E-state index < -0.39 is 0 Å². The minimum atomic E-state index is -0.260. The van der Waals surface area contributed by atoms with Gasteiger partial charge in [0.15, 0.2) is 0 Å². The second-order valence-corrected chi connectivity index (χ2v) is 12.6. The van der Waals surface area contributed by atoms with Crippen LogP contribution >= 0.6 is 34.5 Å². The maximum atomic E-state index is 13.9. The van der Waals surface area contributed by atoms with Gasteiger partial charge in [-0.3, -0.25) is 9.59 Å². The molecule has 0 unspecified atom stereocenters. The molecule has 0 saturated carbocycles. The Bertz CT molecular complexity index is 1280. The second kappa shape index (κ2) is 11.2. The Morgan fingerprint density at radius 2 is 1.81 bits per heavy atom. The van der Waals surface area contributed by atoms with Crippen molar-refractivity contribution in [1.29, 1.82) is 0 Å². The summed E-state index contributed by atoms with van der Waals surface area (Å²) in [4.78, 5) is 32.4. The van der Waals surface area contributed by atoms with Crippen molar-refractivity contribution in [2.45, 2.75) is 65.0 Å². The molecule has 2 aromatic carbocycles. The third-order valence-electron chi connectivity index (χ3n) is 7.23. The highest BCUT2D eigenvalue weighted by Gasteiger charge is 2.35. The van der Waals surface area contributed by atoms with E-state index in [0.29, 0.717) is 17.1 Å². The molecule has 1 aromatic heterocycles. The number of thiophene rings is 1. The summed E-state index contributed by atoms with van der Waals surface area (Å²) in [6, 6.07) is 15.3. The summed E-state index contributed by atoms with van der Waals surface area (Å²) >= 11 is 14.2. The fourth-order valence-corrected chi connectivity index (χ4v) is 6.21. The lowest BCUT2D eigenvalue weighted by molar-refractivity contribution is -0.134. The van der Waals surface area contributed by atoms with Gasteiger partial charge in [-0.2, -0.15) is 0 Å². The van der Waals surface area contributed by atoms with Crippen molar-refractivity contribution >= 4 is 46.4 Å². The zero-order valence-corrected chi connectivity index (χ0v) is 24.4. The van der Waals surface area contributed by atoms with Crippen LogP contribution in [0.1, 0.15) is 79.0 Å². The summed E-state index contributed by atoms with van der Waals surface area (Å²) in [5, 5.41) is 2.86. The van der Waals surface area contributed by atoms with E-state index >= 15 is 0 Å². The highest BCUT2D eigenvalue weighted by molar-refractivity contribution is 7.10. The summed E-state index contributed by atoms with van der Waals surface area (Å²) in [5.74, 6) is -0.329. The van der Waals surface area contributed by atoms with Gasteiger partial charge in [0.25, 0.3) is 5.91 Å². The van der Waals surface area contributed by atoms with Crippen LogP contribution in [0.3, 0.4) is 0 Å². The van der Waals surface area contributed by atoms with Crippen molar-refractivity contribution < 1.29 is 9.59 Å². The zero-order chi connectivity index (χ0) is 26.9. The van der Waals surface area contributed by atoms with Crippen molar-refractivity contribution in [1.82, 2.24) is 9.80 Å². The van der Waals surface area contributed by atoms with E-state index in [1.165, 1.54) is 16.0 Å². The Kier molecular flexibility index (Phi) is 8.37. The maximum absolute atomic E-state index is 13.9. The summed E-state index contributed by atoms with van der Waals surface area (Å²) in [5.41, 5.74) is 3.92. The number of carbonyl (C=O) groups is 2. The normalized spacial score (nSPS) is 16.3. The molecule has 0 spiro atoms. The van der Waals surface area contributed by atoms with Crippen LogP contribution in [0, 0.1) is 0 Å². The lowest BCUT2D eigenvalue weighted by atomic mass is 9.85. The molecule has 0 N–H and O–H groups in total. The molecule has 0 radical (unpaired) electrons. The molecule has 3 aromatic rings. The van der Waals surface area contributed by atoms with Gasteiger partial charge in [0.1, 0.15) is 6.54 Å². The molecule has 2 atom stereocenters. The lowest BCUT2D eigenvalue weighted by Gasteiger charge is -2.38. The summed E-state index contributed by atoms with van der Waals surface area (Å²) in [6.45, 7) is 11.2. The molecule has 7 heteroatoms. The first-order chi connectivity index (χ1) is 17.5. The van der Waals surface area contributed by atoms with Crippen molar-refractivity contribution in [2.75, 3.05) is 13.1 Å². The predicted molar refractivity (Wildman–Crippen MR) is 154 cm³/mol. The standard InChI is InChI=1S/C30H34Cl2N2O2S/c1-6-19(2)34(29(36)23-12-11-22(31)17-25(23)32)18-27(35)33-15-13-26-24(14-16-37-26)28(33)20-7-9-21(10-8-20)30(3,4)5/h7-12,14,16-17,19,28H,6,13,15,18H2,1-5H3/t19-,28-/m0/s1. The van der Waals surface area contributed by atoms with E-state index in [2.05, 4.69) is 56.5 Å². The molecule has 0 saturated heterocycles. The highest BCUT2D eigenvalue weighted by Crippen LogP contribution is 2.38. The van der Waals surface area contributed by atoms with Crippen LogP contribution in [-0.2, 0) is 16.6 Å². The molecule has 0 aliphatic carbocycles. The van der Waals surface area contributed by atoms with Gasteiger partial charge < -0.3 is 9.80 Å². The first-order valence-corrected chi connectivity index (χ1v) is 14.4. The van der Waals surface area contributed by atoms with Gasteiger partial charge in [0, 0.05) is 22.5 Å². The molecule has 196 valence electrons. The van der Waals surface area contributed by atoms with E-state index in [9.17, 15) is 9.59 Å². The van der Waals surface area contributed by atoms with Crippen LogP contribution in [0.25, 0.3) is 0 Å². The third kappa shape index (κ3) is 5.89. The van der Waals surface area contributed by atoms with Gasteiger partial charge in [-0.15, -0.1) is 11.3 Å². The number of fused-ring (bicyclic) bond motifs is 1. The van der Waals surface area contributed by atoms with E-state index in [1.807, 2.05) is 18.7 Å². The molecule has 4 nitrogen and oxygen atoms in total. The quantitative estimate of drug-likeness (QED) is 0.311. The summed E-state index contributed by atoms with van der Waals surface area (Å²) in [6.07, 6.45) is 1.53. The summed E-state index contributed by atoms with van der Waals surface area (Å²) < 4.78 is 0. The third-order valence-corrected chi connectivity index (χ3v) is 8.77. The smallest absolute Gasteiger partial charge is 0.256 e. The van der Waals surface area contributed by atoms with Gasteiger partial charge in [-0.1, -0.05) is 75.2 Å². The first-order valence-electron chi connectivity index (χ1n) is 12.7. The number of rotatable bonds is 6. The van der Waals surface area contributed by atoms with Crippen LogP contribution in [0.15, 0.2) is 53.9 Å². The van der Waals surface area contributed by atoms with Gasteiger partial charge in [0.2, 0.25) is 5.91 Å². The number of hydrogen-bond acceptors (Lipinski definition) is 3. The molecular weight excluding hydrogens is 523 g/mol. The van der Waals surface area contributed by atoms with Crippen molar-refractivity contribution in [3.63, 3.8) is 0 Å². The average Bonchev–Trinajstić information content (AvgIpc) is 3.34. The van der Waals surface area contributed by atoms with E-state index in [1.54, 1.807) is 34.4 Å². The van der Waals surface area contributed by atoms with Gasteiger partial charge in [-0.25, -0.2) is 0 Å². The minimum absolute atomic E-state index is 0.0111. The maximum Gasteiger partial charge on any atom is 0.256 e. The molecule has 1 aliphatic heterocycles. The van der Waals surface area contributed by atoms with E-state index in [-0.39, 0.29) is 40.9 Å². The van der Waals surface area contributed by atoms with Gasteiger partial charge in [0.05, 0.1) is 16.6 Å². The van der Waals surface area contributed by atoms with Gasteiger partial charge >= 0.3 is 0 Å². The Labute approximate surface area is 234 Å². The average molecular weight is 558 g/mol. The number of carbonyl (C=O) groups excluding carboxylic acids is 2. The Hall–Kier alpha value is -2.34. The molecule has 2 heterocycles. The number of hydrogen-bond donors (Lipinski definition) is 0. The zero-order valence-electron chi connectivity index (χ0n) is 22.1. The molecule has 2 amide bonds. The Morgan fingerprint density at radius 1 is 1.11 bits per heavy atom. The monoisotopic (exact) mass is 556 g/mol. The fourth-order valence-electron chi connectivity index (χ4n) is 4.81. The van der Waals surface area contributed by atoms with Crippen LogP contribution in [0.5, 0.6) is 0 Å². The van der Waals surface area contributed by atoms with Crippen LogP contribution in [0.4, 0.5) is 0 Å². The van der Waals surface area contributed by atoms with Crippen LogP contribution in [0.2, 0.25) is 10.0 Å². The molecule has 0 bridgehead atoms. The number of nitrogens with zero attached hydrogens (tertiary/aromatic N) is 2. The second-order valence-electron chi connectivity index (χ2n) is 10.7. The predicted octanol–water partition coefficient (Wildman–Crippen LogP) is 7.77. The largest absolute Gasteiger partial charge is 0.330 e. The topological polar surface area (TPSA) is 40.6 Å².